The minimum atomic E-state index is -0.667. The van der Waals surface area contributed by atoms with E-state index < -0.39 is 5.41 Å². The number of amides is 1. The van der Waals surface area contributed by atoms with Gasteiger partial charge in [-0.15, -0.1) is 0 Å². The number of nitrogens with one attached hydrogen (secondary N) is 1. The number of benzene rings is 2. The highest BCUT2D eigenvalue weighted by Gasteiger charge is 2.29. The van der Waals surface area contributed by atoms with Gasteiger partial charge in [0.2, 0.25) is 5.91 Å². The van der Waals surface area contributed by atoms with Gasteiger partial charge in [0.05, 0.1) is 10.4 Å². The van der Waals surface area contributed by atoms with E-state index in [1.165, 1.54) is 0 Å². The number of rotatable bonds is 3. The van der Waals surface area contributed by atoms with Crippen molar-refractivity contribution in [2.75, 3.05) is 11.1 Å². The van der Waals surface area contributed by atoms with Crippen LogP contribution in [0.25, 0.3) is 0 Å². The van der Waals surface area contributed by atoms with E-state index in [2.05, 4.69) is 21.2 Å². The molecule has 3 N–H and O–H groups in total. The van der Waals surface area contributed by atoms with E-state index in [4.69, 9.17) is 17.3 Å². The zero-order valence-corrected chi connectivity index (χ0v) is 14.1. The summed E-state index contributed by atoms with van der Waals surface area (Å²) in [6.45, 7) is 3.75. The van der Waals surface area contributed by atoms with Crippen molar-refractivity contribution in [3.05, 3.63) is 57.5 Å². The fraction of sp³-hybridized carbons (Fsp3) is 0.188. The van der Waals surface area contributed by atoms with Gasteiger partial charge in [-0.1, -0.05) is 23.7 Å². The normalized spacial score (nSPS) is 11.2. The zero-order valence-electron chi connectivity index (χ0n) is 11.8. The lowest BCUT2D eigenvalue weighted by Crippen LogP contribution is -2.34. The van der Waals surface area contributed by atoms with Crippen LogP contribution in [-0.4, -0.2) is 5.91 Å². The van der Waals surface area contributed by atoms with Gasteiger partial charge in [0, 0.05) is 15.8 Å². The van der Waals surface area contributed by atoms with Gasteiger partial charge in [-0.2, -0.15) is 0 Å². The van der Waals surface area contributed by atoms with Crippen LogP contribution in [0.2, 0.25) is 5.02 Å². The molecule has 3 nitrogen and oxygen atoms in total. The summed E-state index contributed by atoms with van der Waals surface area (Å²) in [5, 5.41) is 3.51. The Kier molecular flexibility index (Phi) is 4.59. The second-order valence-corrected chi connectivity index (χ2v) is 6.59. The quantitative estimate of drug-likeness (QED) is 0.779. The highest BCUT2D eigenvalue weighted by molar-refractivity contribution is 9.10. The smallest absolute Gasteiger partial charge is 0.234 e. The van der Waals surface area contributed by atoms with Gasteiger partial charge < -0.3 is 11.1 Å². The highest BCUT2D eigenvalue weighted by atomic mass is 79.9. The molecule has 21 heavy (non-hydrogen) atoms. The number of hydrogen-bond acceptors (Lipinski definition) is 2. The Morgan fingerprint density at radius 3 is 2.38 bits per heavy atom. The number of anilines is 2. The number of nitrogen functional groups attached to an aromatic ring is 1. The molecule has 110 valence electrons. The lowest BCUT2D eigenvalue weighted by Gasteiger charge is -2.24. The monoisotopic (exact) mass is 366 g/mol. The number of halogens is 2. The Balaban J connectivity index is 2.21. The highest BCUT2D eigenvalue weighted by Crippen LogP contribution is 2.29. The van der Waals surface area contributed by atoms with Crippen LogP contribution in [0.3, 0.4) is 0 Å². The second-order valence-electron chi connectivity index (χ2n) is 5.33. The van der Waals surface area contributed by atoms with E-state index >= 15 is 0 Å². The Hall–Kier alpha value is -1.52. The fourth-order valence-corrected chi connectivity index (χ4v) is 2.39. The maximum Gasteiger partial charge on any atom is 0.234 e. The molecule has 0 fully saturated rings. The van der Waals surface area contributed by atoms with Crippen LogP contribution in [0.15, 0.2) is 46.9 Å². The van der Waals surface area contributed by atoms with E-state index in [1.54, 1.807) is 30.3 Å². The molecule has 5 heteroatoms. The summed E-state index contributed by atoms with van der Waals surface area (Å²) in [7, 11) is 0. The van der Waals surface area contributed by atoms with Crippen molar-refractivity contribution in [1.29, 1.82) is 0 Å². The summed E-state index contributed by atoms with van der Waals surface area (Å²) in [4.78, 5) is 12.5. The van der Waals surface area contributed by atoms with E-state index in [0.717, 1.165) is 10.0 Å². The van der Waals surface area contributed by atoms with Gasteiger partial charge in [0.15, 0.2) is 0 Å². The second kappa shape index (κ2) is 6.08. The van der Waals surface area contributed by atoms with Crippen LogP contribution in [0.1, 0.15) is 19.4 Å². The third-order valence-electron chi connectivity index (χ3n) is 3.38. The first-order valence-corrected chi connectivity index (χ1v) is 7.60. The van der Waals surface area contributed by atoms with Crippen LogP contribution in [0.4, 0.5) is 11.4 Å². The Morgan fingerprint density at radius 2 is 1.81 bits per heavy atom. The molecule has 0 aliphatic heterocycles. The molecule has 0 spiro atoms. The van der Waals surface area contributed by atoms with Crippen molar-refractivity contribution in [3.63, 3.8) is 0 Å². The van der Waals surface area contributed by atoms with Crippen LogP contribution in [0, 0.1) is 0 Å². The van der Waals surface area contributed by atoms with Crippen LogP contribution in [-0.2, 0) is 10.2 Å². The SMILES string of the molecule is CC(C)(C(=O)Nc1ccc(Cl)c(Br)c1)c1ccc(N)cc1. The largest absolute Gasteiger partial charge is 0.399 e. The molecule has 1 amide bonds. The van der Waals surface area contributed by atoms with Crippen LogP contribution < -0.4 is 11.1 Å². The first kappa shape index (κ1) is 15.9. The molecule has 0 radical (unpaired) electrons. The number of hydrogen-bond donors (Lipinski definition) is 2. The molecular formula is C16H16BrClN2O. The average Bonchev–Trinajstić information content (AvgIpc) is 2.43. The predicted molar refractivity (Wildman–Crippen MR) is 91.7 cm³/mol. The topological polar surface area (TPSA) is 55.1 Å². The van der Waals surface area contributed by atoms with Gasteiger partial charge in [0.1, 0.15) is 0 Å². The van der Waals surface area contributed by atoms with Crippen molar-refractivity contribution in [1.82, 2.24) is 0 Å². The van der Waals surface area contributed by atoms with Gasteiger partial charge in [-0.25, -0.2) is 0 Å². The molecular weight excluding hydrogens is 352 g/mol. The lowest BCUT2D eigenvalue weighted by molar-refractivity contribution is -0.120. The molecule has 0 saturated heterocycles. The summed E-state index contributed by atoms with van der Waals surface area (Å²) in [5.74, 6) is -0.0958. The van der Waals surface area contributed by atoms with E-state index in [0.29, 0.717) is 16.4 Å². The molecule has 0 saturated carbocycles. The first-order valence-electron chi connectivity index (χ1n) is 6.43. The van der Waals surface area contributed by atoms with Gasteiger partial charge in [-0.3, -0.25) is 4.79 Å². The van der Waals surface area contributed by atoms with Crippen molar-refractivity contribution >= 4 is 44.8 Å². The number of nitrogens with two attached hydrogens (primary N) is 1. The summed E-state index contributed by atoms with van der Waals surface area (Å²) in [6.07, 6.45) is 0. The van der Waals surface area contributed by atoms with E-state index in [9.17, 15) is 4.79 Å². The van der Waals surface area contributed by atoms with Crippen molar-refractivity contribution in [2.24, 2.45) is 0 Å². The van der Waals surface area contributed by atoms with Gasteiger partial charge in [-0.05, 0) is 65.7 Å². The summed E-state index contributed by atoms with van der Waals surface area (Å²) >= 11 is 9.29. The predicted octanol–water partition coefficient (Wildman–Crippen LogP) is 4.60. The number of carbonyl (C=O) groups excluding carboxylic acids is 1. The first-order chi connectivity index (χ1) is 9.80. The molecule has 2 rings (SSSR count). The summed E-state index contributed by atoms with van der Waals surface area (Å²) in [6, 6.07) is 12.6. The molecule has 0 aromatic heterocycles. The minimum Gasteiger partial charge on any atom is -0.399 e. The maximum absolute atomic E-state index is 12.5. The van der Waals surface area contributed by atoms with Crippen molar-refractivity contribution < 1.29 is 4.79 Å². The fourth-order valence-electron chi connectivity index (χ4n) is 1.89. The third kappa shape index (κ3) is 3.57. The molecule has 0 atom stereocenters. The Bertz CT molecular complexity index is 668. The van der Waals surface area contributed by atoms with Crippen LogP contribution >= 0.6 is 27.5 Å². The Labute approximate surface area is 137 Å². The summed E-state index contributed by atoms with van der Waals surface area (Å²) in [5.41, 5.74) is 7.29. The number of carbonyl (C=O) groups is 1. The van der Waals surface area contributed by atoms with Crippen molar-refractivity contribution in [2.45, 2.75) is 19.3 Å². The standard InChI is InChI=1S/C16H16BrClN2O/c1-16(2,10-3-5-11(19)6-4-10)15(21)20-12-7-8-14(18)13(17)9-12/h3-9H,19H2,1-2H3,(H,20,21). The molecule has 2 aromatic carbocycles. The molecule has 0 aliphatic rings. The van der Waals surface area contributed by atoms with E-state index in [-0.39, 0.29) is 5.91 Å². The Morgan fingerprint density at radius 1 is 1.19 bits per heavy atom. The molecule has 0 aliphatic carbocycles. The lowest BCUT2D eigenvalue weighted by atomic mass is 9.83. The maximum atomic E-state index is 12.5. The zero-order chi connectivity index (χ0) is 15.6. The van der Waals surface area contributed by atoms with Gasteiger partial charge >= 0.3 is 0 Å². The molecule has 2 aromatic rings. The molecule has 0 unspecified atom stereocenters. The van der Waals surface area contributed by atoms with E-state index in [1.807, 2.05) is 26.0 Å². The summed E-state index contributed by atoms with van der Waals surface area (Å²) < 4.78 is 0.743. The molecule has 0 heterocycles. The molecule has 0 bridgehead atoms. The van der Waals surface area contributed by atoms with Crippen molar-refractivity contribution in [3.8, 4) is 0 Å². The van der Waals surface area contributed by atoms with Crippen LogP contribution in [0.5, 0.6) is 0 Å². The van der Waals surface area contributed by atoms with Gasteiger partial charge in [0.25, 0.3) is 0 Å². The average molecular weight is 368 g/mol. The minimum absolute atomic E-state index is 0.0958. The third-order valence-corrected chi connectivity index (χ3v) is 4.59.